The van der Waals surface area contributed by atoms with Crippen molar-refractivity contribution in [2.75, 3.05) is 0 Å². The van der Waals surface area contributed by atoms with Gasteiger partial charge in [-0.2, -0.15) is 0 Å². The summed E-state index contributed by atoms with van der Waals surface area (Å²) in [4.78, 5) is 12.3. The highest BCUT2D eigenvalue weighted by Gasteiger charge is 2.28. The maximum atomic E-state index is 12.2. The molecule has 6 heteroatoms. The Labute approximate surface area is 141 Å². The van der Waals surface area contributed by atoms with Crippen molar-refractivity contribution in [3.05, 3.63) is 65.2 Å². The lowest BCUT2D eigenvalue weighted by molar-refractivity contribution is 0.0472. The van der Waals surface area contributed by atoms with Gasteiger partial charge < -0.3 is 4.74 Å². The van der Waals surface area contributed by atoms with Crippen LogP contribution in [0.4, 0.5) is 0 Å². The highest BCUT2D eigenvalue weighted by molar-refractivity contribution is 7.89. The lowest BCUT2D eigenvalue weighted by Crippen LogP contribution is -2.25. The number of nitrogens with one attached hydrogen (secondary N) is 1. The molecule has 0 bridgehead atoms. The van der Waals surface area contributed by atoms with E-state index in [1.54, 1.807) is 12.1 Å². The average Bonchev–Trinajstić information content (AvgIpc) is 3.37. The number of benzene rings is 2. The van der Waals surface area contributed by atoms with E-state index in [4.69, 9.17) is 4.74 Å². The van der Waals surface area contributed by atoms with Crippen LogP contribution in [0.15, 0.2) is 53.4 Å². The molecule has 0 saturated heterocycles. The van der Waals surface area contributed by atoms with Crippen molar-refractivity contribution >= 4 is 16.0 Å². The molecule has 0 unspecified atom stereocenters. The molecule has 2 aromatic rings. The molecule has 5 nitrogen and oxygen atoms in total. The fourth-order valence-electron chi connectivity index (χ4n) is 2.28. The lowest BCUT2D eigenvalue weighted by Gasteiger charge is -2.09. The summed E-state index contributed by atoms with van der Waals surface area (Å²) >= 11 is 0. The van der Waals surface area contributed by atoms with Crippen LogP contribution in [-0.2, 0) is 21.4 Å². The Kier molecular flexibility index (Phi) is 4.69. The van der Waals surface area contributed by atoms with Crippen molar-refractivity contribution in [1.29, 1.82) is 0 Å². The summed E-state index contributed by atoms with van der Waals surface area (Å²) in [6.07, 6.45) is 1.72. The first kappa shape index (κ1) is 16.7. The zero-order valence-corrected chi connectivity index (χ0v) is 14.2. The first-order valence-corrected chi connectivity index (χ1v) is 9.28. The molecule has 1 saturated carbocycles. The standard InChI is InChI=1S/C18H19NO4S/c1-13-5-2-3-6-15(13)12-23-18(20)14-7-4-8-17(11-14)24(21,22)19-16-9-10-16/h2-8,11,16,19H,9-10,12H2,1H3. The normalized spacial score (nSPS) is 14.4. The van der Waals surface area contributed by atoms with Crippen molar-refractivity contribution in [3.63, 3.8) is 0 Å². The molecule has 1 aliphatic rings. The van der Waals surface area contributed by atoms with Crippen LogP contribution in [0, 0.1) is 6.92 Å². The summed E-state index contributed by atoms with van der Waals surface area (Å²) in [6, 6.07) is 13.6. The van der Waals surface area contributed by atoms with Gasteiger partial charge >= 0.3 is 5.97 Å². The monoisotopic (exact) mass is 345 g/mol. The summed E-state index contributed by atoms with van der Waals surface area (Å²) in [5.74, 6) is -0.540. The number of hydrogen-bond acceptors (Lipinski definition) is 4. The minimum absolute atomic E-state index is 0.0201. The van der Waals surface area contributed by atoms with Crippen molar-refractivity contribution in [3.8, 4) is 0 Å². The van der Waals surface area contributed by atoms with Gasteiger partial charge in [0.05, 0.1) is 10.5 Å². The van der Waals surface area contributed by atoms with Crippen LogP contribution in [0.25, 0.3) is 0 Å². The quantitative estimate of drug-likeness (QED) is 0.817. The van der Waals surface area contributed by atoms with E-state index < -0.39 is 16.0 Å². The van der Waals surface area contributed by atoms with E-state index in [1.165, 1.54) is 12.1 Å². The van der Waals surface area contributed by atoms with Crippen LogP contribution in [0.5, 0.6) is 0 Å². The average molecular weight is 345 g/mol. The minimum atomic E-state index is -3.58. The Hall–Kier alpha value is -2.18. The molecule has 0 aromatic heterocycles. The minimum Gasteiger partial charge on any atom is -0.457 e. The number of carbonyl (C=O) groups excluding carboxylic acids is 1. The second-order valence-electron chi connectivity index (χ2n) is 5.93. The van der Waals surface area contributed by atoms with E-state index in [1.807, 2.05) is 31.2 Å². The maximum absolute atomic E-state index is 12.2. The smallest absolute Gasteiger partial charge is 0.338 e. The molecule has 0 spiro atoms. The molecule has 0 heterocycles. The number of rotatable bonds is 6. The van der Waals surface area contributed by atoms with Crippen molar-refractivity contribution in [1.82, 2.24) is 4.72 Å². The van der Waals surface area contributed by atoms with Crippen molar-refractivity contribution in [2.24, 2.45) is 0 Å². The van der Waals surface area contributed by atoms with E-state index in [0.29, 0.717) is 0 Å². The molecule has 1 aliphatic carbocycles. The largest absolute Gasteiger partial charge is 0.457 e. The highest BCUT2D eigenvalue weighted by Crippen LogP contribution is 2.22. The first-order valence-electron chi connectivity index (χ1n) is 7.80. The molecule has 1 fully saturated rings. The Balaban J connectivity index is 1.71. The predicted octanol–water partition coefficient (Wildman–Crippen LogP) is 2.79. The van der Waals surface area contributed by atoms with Gasteiger partial charge in [-0.1, -0.05) is 30.3 Å². The van der Waals surface area contributed by atoms with Gasteiger partial charge in [0.1, 0.15) is 6.61 Å². The number of sulfonamides is 1. The summed E-state index contributed by atoms with van der Waals surface area (Å²) in [7, 11) is -3.58. The van der Waals surface area contributed by atoms with Gasteiger partial charge in [0.2, 0.25) is 10.0 Å². The Morgan fingerprint density at radius 2 is 1.92 bits per heavy atom. The van der Waals surface area contributed by atoms with Crippen LogP contribution in [-0.4, -0.2) is 20.4 Å². The second kappa shape index (κ2) is 6.75. The van der Waals surface area contributed by atoms with Gasteiger partial charge in [0.15, 0.2) is 0 Å². The fourth-order valence-corrected chi connectivity index (χ4v) is 3.63. The van der Waals surface area contributed by atoms with Gasteiger partial charge in [0.25, 0.3) is 0 Å². The number of ether oxygens (including phenoxy) is 1. The molecule has 24 heavy (non-hydrogen) atoms. The van der Waals surface area contributed by atoms with Crippen molar-refractivity contribution in [2.45, 2.75) is 37.3 Å². The van der Waals surface area contributed by atoms with E-state index in [2.05, 4.69) is 4.72 Å². The zero-order valence-electron chi connectivity index (χ0n) is 13.4. The second-order valence-corrected chi connectivity index (χ2v) is 7.64. The summed E-state index contributed by atoms with van der Waals surface area (Å²) in [5, 5.41) is 0. The molecular formula is C18H19NO4S. The van der Waals surface area contributed by atoms with Gasteiger partial charge in [0, 0.05) is 6.04 Å². The lowest BCUT2D eigenvalue weighted by atomic mass is 10.1. The summed E-state index contributed by atoms with van der Waals surface area (Å²) < 4.78 is 32.3. The Morgan fingerprint density at radius 1 is 1.17 bits per heavy atom. The highest BCUT2D eigenvalue weighted by atomic mass is 32.2. The van der Waals surface area contributed by atoms with E-state index in [9.17, 15) is 13.2 Å². The zero-order chi connectivity index (χ0) is 17.2. The van der Waals surface area contributed by atoms with Crippen LogP contribution >= 0.6 is 0 Å². The molecule has 2 aromatic carbocycles. The topological polar surface area (TPSA) is 72.5 Å². The van der Waals surface area contributed by atoms with Crippen LogP contribution in [0.2, 0.25) is 0 Å². The fraction of sp³-hybridized carbons (Fsp3) is 0.278. The molecule has 0 atom stereocenters. The molecule has 0 aliphatic heterocycles. The maximum Gasteiger partial charge on any atom is 0.338 e. The SMILES string of the molecule is Cc1ccccc1COC(=O)c1cccc(S(=O)(=O)NC2CC2)c1. The number of aryl methyl sites for hydroxylation is 1. The number of hydrogen-bond donors (Lipinski definition) is 1. The van der Waals surface area contributed by atoms with Gasteiger partial charge in [-0.25, -0.2) is 17.9 Å². The van der Waals surface area contributed by atoms with E-state index in [0.717, 1.165) is 24.0 Å². The molecule has 0 radical (unpaired) electrons. The third-order valence-corrected chi connectivity index (χ3v) is 5.42. The van der Waals surface area contributed by atoms with E-state index >= 15 is 0 Å². The van der Waals surface area contributed by atoms with Gasteiger partial charge in [-0.3, -0.25) is 0 Å². The molecular weight excluding hydrogens is 326 g/mol. The van der Waals surface area contributed by atoms with Crippen LogP contribution < -0.4 is 4.72 Å². The Bertz CT molecular complexity index is 857. The molecule has 3 rings (SSSR count). The van der Waals surface area contributed by atoms with Crippen molar-refractivity contribution < 1.29 is 17.9 Å². The van der Waals surface area contributed by atoms with Gasteiger partial charge in [-0.15, -0.1) is 0 Å². The number of carbonyl (C=O) groups is 1. The van der Waals surface area contributed by atoms with Crippen LogP contribution in [0.3, 0.4) is 0 Å². The predicted molar refractivity (Wildman–Crippen MR) is 90.1 cm³/mol. The van der Waals surface area contributed by atoms with Crippen LogP contribution in [0.1, 0.15) is 34.3 Å². The Morgan fingerprint density at radius 3 is 2.62 bits per heavy atom. The summed E-state index contributed by atoms with van der Waals surface area (Å²) in [5.41, 5.74) is 2.18. The molecule has 0 amide bonds. The first-order chi connectivity index (χ1) is 11.5. The van der Waals surface area contributed by atoms with Gasteiger partial charge in [-0.05, 0) is 49.1 Å². The molecule has 126 valence electrons. The molecule has 1 N–H and O–H groups in total. The third-order valence-electron chi connectivity index (χ3n) is 3.90. The van der Waals surface area contributed by atoms with E-state index in [-0.39, 0.29) is 23.1 Å². The third kappa shape index (κ3) is 4.01. The number of esters is 1. The summed E-state index contributed by atoms with van der Waals surface area (Å²) in [6.45, 7) is 2.10.